The minimum Gasteiger partial charge on any atom is -0.508 e. The van der Waals surface area contributed by atoms with Gasteiger partial charge in [0.25, 0.3) is 5.89 Å². The van der Waals surface area contributed by atoms with Crippen molar-refractivity contribution in [1.29, 1.82) is 0 Å². The largest absolute Gasteiger partial charge is 0.508 e. The summed E-state index contributed by atoms with van der Waals surface area (Å²) >= 11 is 0. The zero-order valence-corrected chi connectivity index (χ0v) is 9.32. The summed E-state index contributed by atoms with van der Waals surface area (Å²) in [6, 6.07) is 12.1. The molecule has 0 radical (unpaired) electrons. The smallest absolute Gasteiger partial charge is 0.276 e. The van der Waals surface area contributed by atoms with Crippen molar-refractivity contribution in [2.75, 3.05) is 0 Å². The maximum atomic E-state index is 9.40. The number of phenols is 1. The van der Waals surface area contributed by atoms with Gasteiger partial charge >= 0.3 is 0 Å². The lowest BCUT2D eigenvalue weighted by molar-refractivity contribution is 0.431. The number of nitrogens with zero attached hydrogens (tertiary/aromatic N) is 3. The third-order valence-corrected chi connectivity index (χ3v) is 2.41. The van der Waals surface area contributed by atoms with Crippen LogP contribution in [-0.2, 0) is 0 Å². The Morgan fingerprint density at radius 1 is 1.06 bits per heavy atom. The Kier molecular flexibility index (Phi) is 2.49. The molecule has 0 unspecified atom stereocenters. The van der Waals surface area contributed by atoms with Crippen molar-refractivity contribution in [2.24, 2.45) is 0 Å². The minimum absolute atomic E-state index is 0.164. The molecule has 18 heavy (non-hydrogen) atoms. The van der Waals surface area contributed by atoms with Gasteiger partial charge in [0.05, 0.1) is 0 Å². The van der Waals surface area contributed by atoms with Crippen LogP contribution in [0, 0.1) is 0 Å². The first-order valence-electron chi connectivity index (χ1n) is 5.37. The highest BCUT2D eigenvalue weighted by molar-refractivity contribution is 5.59. The van der Waals surface area contributed by atoms with Crippen LogP contribution in [0.2, 0.25) is 0 Å². The van der Waals surface area contributed by atoms with E-state index in [-0.39, 0.29) is 5.75 Å². The number of pyridine rings is 1. The van der Waals surface area contributed by atoms with E-state index in [0.29, 0.717) is 23.0 Å². The Balaban J connectivity index is 2.00. The highest BCUT2D eigenvalue weighted by Crippen LogP contribution is 2.23. The molecule has 0 bridgehead atoms. The summed E-state index contributed by atoms with van der Waals surface area (Å²) in [5.74, 6) is 0.942. The number of phenolic OH excluding ortho intramolecular Hbond substituents is 1. The monoisotopic (exact) mass is 239 g/mol. The SMILES string of the molecule is Oc1cccc(-c2noc(-c3ccccn3)n2)c1. The molecule has 5 heteroatoms. The number of hydrogen-bond acceptors (Lipinski definition) is 5. The van der Waals surface area contributed by atoms with E-state index in [1.807, 2.05) is 12.1 Å². The predicted molar refractivity (Wildman–Crippen MR) is 64.6 cm³/mol. The van der Waals surface area contributed by atoms with E-state index < -0.39 is 0 Å². The van der Waals surface area contributed by atoms with Crippen molar-refractivity contribution >= 4 is 0 Å². The molecular weight excluding hydrogens is 230 g/mol. The van der Waals surface area contributed by atoms with Crippen molar-refractivity contribution in [3.63, 3.8) is 0 Å². The molecule has 0 atom stereocenters. The zero-order valence-electron chi connectivity index (χ0n) is 9.32. The van der Waals surface area contributed by atoms with E-state index in [1.54, 1.807) is 36.5 Å². The van der Waals surface area contributed by atoms with Crippen LogP contribution in [0.1, 0.15) is 0 Å². The molecule has 1 aromatic carbocycles. The lowest BCUT2D eigenvalue weighted by atomic mass is 10.2. The first kappa shape index (κ1) is 10.5. The van der Waals surface area contributed by atoms with E-state index in [4.69, 9.17) is 4.52 Å². The van der Waals surface area contributed by atoms with E-state index in [2.05, 4.69) is 15.1 Å². The Bertz CT molecular complexity index is 665. The Morgan fingerprint density at radius 2 is 2.00 bits per heavy atom. The van der Waals surface area contributed by atoms with Crippen LogP contribution in [0.3, 0.4) is 0 Å². The molecule has 2 heterocycles. The normalized spacial score (nSPS) is 10.4. The molecule has 0 aliphatic rings. The van der Waals surface area contributed by atoms with E-state index >= 15 is 0 Å². The second kappa shape index (κ2) is 4.29. The van der Waals surface area contributed by atoms with Gasteiger partial charge in [0, 0.05) is 11.8 Å². The number of aromatic hydroxyl groups is 1. The summed E-state index contributed by atoms with van der Waals surface area (Å²) in [6.45, 7) is 0. The second-order valence-corrected chi connectivity index (χ2v) is 3.69. The standard InChI is InChI=1S/C13H9N3O2/c17-10-5-3-4-9(8-10)12-15-13(18-16-12)11-6-1-2-7-14-11/h1-8,17H. The average molecular weight is 239 g/mol. The number of rotatable bonds is 2. The Hall–Kier alpha value is -2.69. The lowest BCUT2D eigenvalue weighted by Crippen LogP contribution is -1.83. The van der Waals surface area contributed by atoms with Crippen molar-refractivity contribution < 1.29 is 9.63 Å². The highest BCUT2D eigenvalue weighted by Gasteiger charge is 2.11. The molecular formula is C13H9N3O2. The Morgan fingerprint density at radius 3 is 2.78 bits per heavy atom. The predicted octanol–water partition coefficient (Wildman–Crippen LogP) is 2.50. The molecule has 0 amide bonds. The summed E-state index contributed by atoms with van der Waals surface area (Å²) < 4.78 is 5.14. The van der Waals surface area contributed by atoms with Crippen molar-refractivity contribution in [1.82, 2.24) is 15.1 Å². The summed E-state index contributed by atoms with van der Waals surface area (Å²) in [6.07, 6.45) is 1.66. The van der Waals surface area contributed by atoms with Gasteiger partial charge in [0.15, 0.2) is 0 Å². The lowest BCUT2D eigenvalue weighted by Gasteiger charge is -1.94. The molecule has 3 rings (SSSR count). The quantitative estimate of drug-likeness (QED) is 0.743. The first-order valence-corrected chi connectivity index (χ1v) is 5.37. The van der Waals surface area contributed by atoms with Gasteiger partial charge in [0.1, 0.15) is 11.4 Å². The highest BCUT2D eigenvalue weighted by atomic mass is 16.5. The van der Waals surface area contributed by atoms with Crippen molar-refractivity contribution in [2.45, 2.75) is 0 Å². The maximum absolute atomic E-state index is 9.40. The molecule has 0 fully saturated rings. The molecule has 0 aliphatic heterocycles. The van der Waals surface area contributed by atoms with Crippen LogP contribution < -0.4 is 0 Å². The summed E-state index contributed by atoms with van der Waals surface area (Å²) in [4.78, 5) is 8.37. The zero-order chi connectivity index (χ0) is 12.4. The van der Waals surface area contributed by atoms with Crippen LogP contribution in [0.15, 0.2) is 53.2 Å². The molecule has 0 aliphatic carbocycles. The summed E-state index contributed by atoms with van der Waals surface area (Å²) in [5.41, 5.74) is 1.32. The average Bonchev–Trinajstić information content (AvgIpc) is 2.89. The summed E-state index contributed by atoms with van der Waals surface area (Å²) in [7, 11) is 0. The molecule has 88 valence electrons. The molecule has 0 saturated heterocycles. The third kappa shape index (κ3) is 1.93. The number of hydrogen-bond donors (Lipinski definition) is 1. The topological polar surface area (TPSA) is 72.0 Å². The van der Waals surface area contributed by atoms with Crippen LogP contribution in [0.25, 0.3) is 23.0 Å². The van der Waals surface area contributed by atoms with E-state index in [9.17, 15) is 5.11 Å². The van der Waals surface area contributed by atoms with Crippen molar-refractivity contribution in [3.05, 3.63) is 48.7 Å². The van der Waals surface area contributed by atoms with Crippen LogP contribution in [0.4, 0.5) is 0 Å². The summed E-state index contributed by atoms with van der Waals surface area (Å²) in [5, 5.41) is 13.3. The number of benzene rings is 1. The van der Waals surface area contributed by atoms with E-state index in [1.165, 1.54) is 0 Å². The van der Waals surface area contributed by atoms with Gasteiger partial charge in [-0.1, -0.05) is 23.4 Å². The molecule has 1 N–H and O–H groups in total. The Labute approximate surface area is 103 Å². The van der Waals surface area contributed by atoms with Gasteiger partial charge in [-0.15, -0.1) is 0 Å². The maximum Gasteiger partial charge on any atom is 0.276 e. The molecule has 3 aromatic rings. The van der Waals surface area contributed by atoms with Crippen molar-refractivity contribution in [3.8, 4) is 28.7 Å². The molecule has 2 aromatic heterocycles. The fourth-order valence-corrected chi connectivity index (χ4v) is 1.58. The number of aromatic nitrogens is 3. The van der Waals surface area contributed by atoms with Gasteiger partial charge in [0.2, 0.25) is 5.82 Å². The van der Waals surface area contributed by atoms with Crippen LogP contribution in [0.5, 0.6) is 5.75 Å². The van der Waals surface area contributed by atoms with E-state index in [0.717, 1.165) is 0 Å². The second-order valence-electron chi connectivity index (χ2n) is 3.69. The molecule has 5 nitrogen and oxygen atoms in total. The fourth-order valence-electron chi connectivity index (χ4n) is 1.58. The fraction of sp³-hybridized carbons (Fsp3) is 0. The van der Waals surface area contributed by atoms with Gasteiger partial charge in [-0.05, 0) is 24.3 Å². The van der Waals surface area contributed by atoms with Gasteiger partial charge < -0.3 is 9.63 Å². The molecule has 0 spiro atoms. The third-order valence-electron chi connectivity index (χ3n) is 2.41. The van der Waals surface area contributed by atoms with Gasteiger partial charge in [-0.25, -0.2) is 0 Å². The minimum atomic E-state index is 0.164. The molecule has 0 saturated carbocycles. The van der Waals surface area contributed by atoms with Crippen LogP contribution >= 0.6 is 0 Å². The van der Waals surface area contributed by atoms with Crippen LogP contribution in [-0.4, -0.2) is 20.2 Å². The van der Waals surface area contributed by atoms with Gasteiger partial charge in [-0.3, -0.25) is 4.98 Å². The first-order chi connectivity index (χ1) is 8.83. The van der Waals surface area contributed by atoms with Gasteiger partial charge in [-0.2, -0.15) is 4.98 Å².